The van der Waals surface area contributed by atoms with E-state index in [1.165, 1.54) is 0 Å². The van der Waals surface area contributed by atoms with Gasteiger partial charge in [0.25, 0.3) is 0 Å². The predicted octanol–water partition coefficient (Wildman–Crippen LogP) is 2.43. The van der Waals surface area contributed by atoms with E-state index in [0.29, 0.717) is 12.5 Å². The Morgan fingerprint density at radius 2 is 2.14 bits per heavy atom. The Bertz CT molecular complexity index is 726. The van der Waals surface area contributed by atoms with E-state index < -0.39 is 0 Å². The van der Waals surface area contributed by atoms with Crippen LogP contribution < -0.4 is 14.8 Å². The smallest absolute Gasteiger partial charge is 0.193 e. The Hall–Kier alpha value is -2.77. The number of likely N-dealkylation sites (tertiary alicyclic amines) is 1. The summed E-state index contributed by atoms with van der Waals surface area (Å²) in [6, 6.07) is 7.67. The molecule has 1 aliphatic heterocycles. The number of nitrogens with zero attached hydrogens (tertiary/aromatic N) is 4. The molecule has 28 heavy (non-hydrogen) atoms. The Labute approximate surface area is 166 Å². The van der Waals surface area contributed by atoms with Gasteiger partial charge in [-0.1, -0.05) is 6.07 Å². The highest BCUT2D eigenvalue weighted by Crippen LogP contribution is 2.25. The molecule has 3 rings (SSSR count). The largest absolute Gasteiger partial charge is 0.497 e. The van der Waals surface area contributed by atoms with E-state index >= 15 is 0 Å². The zero-order valence-electron chi connectivity index (χ0n) is 16.7. The van der Waals surface area contributed by atoms with Crippen molar-refractivity contribution in [2.45, 2.75) is 32.1 Å². The number of methoxy groups -OCH3 is 1. The highest BCUT2D eigenvalue weighted by atomic mass is 16.5. The van der Waals surface area contributed by atoms with Gasteiger partial charge in [-0.3, -0.25) is 10.1 Å². The lowest BCUT2D eigenvalue weighted by atomic mass is 9.96. The van der Waals surface area contributed by atoms with Crippen molar-refractivity contribution in [1.29, 1.82) is 0 Å². The molecule has 152 valence electrons. The topological polar surface area (TPSA) is 87.7 Å². The van der Waals surface area contributed by atoms with Crippen LogP contribution in [-0.4, -0.2) is 65.9 Å². The molecule has 0 unspecified atom stereocenters. The zero-order valence-corrected chi connectivity index (χ0v) is 16.7. The first-order valence-corrected chi connectivity index (χ1v) is 9.95. The van der Waals surface area contributed by atoms with E-state index in [0.717, 1.165) is 68.7 Å². The highest BCUT2D eigenvalue weighted by molar-refractivity contribution is 5.80. The second kappa shape index (κ2) is 10.5. The van der Waals surface area contributed by atoms with Crippen LogP contribution in [-0.2, 0) is 0 Å². The molecular weight excluding hydrogens is 356 g/mol. The van der Waals surface area contributed by atoms with Gasteiger partial charge in [0.05, 0.1) is 13.7 Å². The van der Waals surface area contributed by atoms with Crippen molar-refractivity contribution in [3.05, 3.63) is 36.4 Å². The third-order valence-corrected chi connectivity index (χ3v) is 4.82. The Morgan fingerprint density at radius 1 is 1.32 bits per heavy atom. The third-order valence-electron chi connectivity index (χ3n) is 4.82. The summed E-state index contributed by atoms with van der Waals surface area (Å²) in [5.74, 6) is 4.07. The van der Waals surface area contributed by atoms with Crippen LogP contribution in [0.2, 0.25) is 0 Å². The van der Waals surface area contributed by atoms with Crippen LogP contribution in [0, 0.1) is 0 Å². The molecule has 1 saturated heterocycles. The van der Waals surface area contributed by atoms with Gasteiger partial charge in [-0.05, 0) is 31.9 Å². The molecule has 2 heterocycles. The first-order chi connectivity index (χ1) is 13.8. The molecule has 0 aliphatic carbocycles. The normalized spacial score (nSPS) is 15.5. The molecule has 0 spiro atoms. The van der Waals surface area contributed by atoms with E-state index in [-0.39, 0.29) is 0 Å². The first-order valence-electron chi connectivity index (χ1n) is 9.95. The quantitative estimate of drug-likeness (QED) is 0.412. The number of benzene rings is 1. The third kappa shape index (κ3) is 5.61. The van der Waals surface area contributed by atoms with E-state index in [1.807, 2.05) is 24.3 Å². The molecule has 1 aromatic heterocycles. The summed E-state index contributed by atoms with van der Waals surface area (Å²) in [4.78, 5) is 11.4. The fourth-order valence-electron chi connectivity index (χ4n) is 3.33. The van der Waals surface area contributed by atoms with Crippen molar-refractivity contribution in [3.8, 4) is 11.5 Å². The molecule has 1 aliphatic rings. The summed E-state index contributed by atoms with van der Waals surface area (Å²) in [7, 11) is 1.66. The maximum Gasteiger partial charge on any atom is 0.193 e. The van der Waals surface area contributed by atoms with Gasteiger partial charge in [0.1, 0.15) is 23.7 Å². The van der Waals surface area contributed by atoms with Crippen LogP contribution in [0.5, 0.6) is 11.5 Å². The molecule has 8 nitrogen and oxygen atoms in total. The van der Waals surface area contributed by atoms with Crippen molar-refractivity contribution in [1.82, 2.24) is 25.4 Å². The van der Waals surface area contributed by atoms with Crippen molar-refractivity contribution >= 4 is 5.96 Å². The van der Waals surface area contributed by atoms with Gasteiger partial charge in [-0.25, -0.2) is 4.98 Å². The van der Waals surface area contributed by atoms with Gasteiger partial charge in [0.2, 0.25) is 0 Å². The number of hydrogen-bond donors (Lipinski definition) is 2. The molecule has 0 saturated carbocycles. The van der Waals surface area contributed by atoms with Crippen molar-refractivity contribution in [2.75, 3.05) is 39.9 Å². The molecule has 1 fully saturated rings. The Balaban J connectivity index is 1.43. The van der Waals surface area contributed by atoms with E-state index in [1.54, 1.807) is 13.4 Å². The number of H-pyrrole nitrogens is 1. The summed E-state index contributed by atoms with van der Waals surface area (Å²) >= 11 is 0. The average Bonchev–Trinajstić information content (AvgIpc) is 3.28. The fourth-order valence-corrected chi connectivity index (χ4v) is 3.33. The van der Waals surface area contributed by atoms with Crippen LogP contribution in [0.3, 0.4) is 0 Å². The minimum Gasteiger partial charge on any atom is -0.497 e. The minimum absolute atomic E-state index is 0.456. The second-order valence-corrected chi connectivity index (χ2v) is 6.75. The van der Waals surface area contributed by atoms with Gasteiger partial charge < -0.3 is 19.7 Å². The van der Waals surface area contributed by atoms with E-state index in [2.05, 4.69) is 32.3 Å². The maximum absolute atomic E-state index is 5.79. The summed E-state index contributed by atoms with van der Waals surface area (Å²) < 4.78 is 11.0. The van der Waals surface area contributed by atoms with Crippen LogP contribution in [0.15, 0.2) is 35.6 Å². The van der Waals surface area contributed by atoms with Gasteiger partial charge in [0, 0.05) is 44.6 Å². The lowest BCUT2D eigenvalue weighted by Gasteiger charge is -2.33. The summed E-state index contributed by atoms with van der Waals surface area (Å²) in [5, 5.41) is 10.4. The number of guanidine groups is 1. The van der Waals surface area contributed by atoms with E-state index in [9.17, 15) is 0 Å². The number of ether oxygens (including phenoxy) is 2. The van der Waals surface area contributed by atoms with Crippen molar-refractivity contribution in [3.63, 3.8) is 0 Å². The average molecular weight is 387 g/mol. The molecule has 0 amide bonds. The van der Waals surface area contributed by atoms with Gasteiger partial charge in [-0.15, -0.1) is 0 Å². The number of aliphatic imine (C=N–C) groups is 1. The first kappa shape index (κ1) is 20.0. The summed E-state index contributed by atoms with van der Waals surface area (Å²) in [5.41, 5.74) is 0. The fraction of sp³-hybridized carbons (Fsp3) is 0.550. The molecule has 0 bridgehead atoms. The molecule has 0 atom stereocenters. The zero-order chi connectivity index (χ0) is 19.6. The number of piperidine rings is 1. The van der Waals surface area contributed by atoms with E-state index in [4.69, 9.17) is 14.5 Å². The van der Waals surface area contributed by atoms with Crippen molar-refractivity contribution < 1.29 is 9.47 Å². The summed E-state index contributed by atoms with van der Waals surface area (Å²) in [6.07, 6.45) is 4.55. The lowest BCUT2D eigenvalue weighted by Crippen LogP contribution is -2.45. The molecule has 1 aromatic carbocycles. The minimum atomic E-state index is 0.456. The predicted molar refractivity (Wildman–Crippen MR) is 109 cm³/mol. The molecular formula is C20H30N6O2. The Kier molecular flexibility index (Phi) is 7.52. The number of aromatic amines is 1. The SMILES string of the molecule is CCNC(=NCCCOc1cccc(OC)c1)N1CCC(c2ncn[nH]2)CC1. The van der Waals surface area contributed by atoms with Gasteiger partial charge >= 0.3 is 0 Å². The molecule has 0 radical (unpaired) electrons. The monoisotopic (exact) mass is 386 g/mol. The lowest BCUT2D eigenvalue weighted by molar-refractivity contribution is 0.296. The Morgan fingerprint density at radius 3 is 2.86 bits per heavy atom. The molecule has 8 heteroatoms. The van der Waals surface area contributed by atoms with Gasteiger partial charge in [-0.2, -0.15) is 5.10 Å². The molecule has 2 aromatic rings. The highest BCUT2D eigenvalue weighted by Gasteiger charge is 2.24. The van der Waals surface area contributed by atoms with Crippen LogP contribution in [0.1, 0.15) is 37.9 Å². The summed E-state index contributed by atoms with van der Waals surface area (Å²) in [6.45, 7) is 6.26. The maximum atomic E-state index is 5.79. The van der Waals surface area contributed by atoms with Crippen LogP contribution in [0.4, 0.5) is 0 Å². The number of aromatic nitrogens is 3. The number of nitrogens with one attached hydrogen (secondary N) is 2. The standard InChI is InChI=1S/C20H30N6O2/c1-3-21-20(26-11-8-16(9-12-26)19-23-15-24-25-19)22-10-5-13-28-18-7-4-6-17(14-18)27-2/h4,6-7,14-16H,3,5,8-13H2,1-2H3,(H,21,22)(H,23,24,25). The van der Waals surface area contributed by atoms with Gasteiger partial charge in [0.15, 0.2) is 5.96 Å². The van der Waals surface area contributed by atoms with Crippen LogP contribution >= 0.6 is 0 Å². The van der Waals surface area contributed by atoms with Crippen LogP contribution in [0.25, 0.3) is 0 Å². The number of hydrogen-bond acceptors (Lipinski definition) is 5. The van der Waals surface area contributed by atoms with Crippen molar-refractivity contribution in [2.24, 2.45) is 4.99 Å². The molecule has 2 N–H and O–H groups in total. The number of rotatable bonds is 8. The second-order valence-electron chi connectivity index (χ2n) is 6.75.